The van der Waals surface area contributed by atoms with Crippen LogP contribution in [0, 0.1) is 0 Å². The molecule has 3 aromatic rings. The normalized spacial score (nSPS) is 25.4. The van der Waals surface area contributed by atoms with Gasteiger partial charge in [0.1, 0.15) is 50.3 Å². The molecule has 21 nitrogen and oxygen atoms in total. The Labute approximate surface area is 370 Å². The number of ether oxygens (including phenoxy) is 10. The number of methoxy groups -OCH3 is 3. The van der Waals surface area contributed by atoms with Crippen LogP contribution >= 0.6 is 0 Å². The monoisotopic (exact) mass is 912 g/mol. The van der Waals surface area contributed by atoms with Gasteiger partial charge in [-0.15, -0.1) is 0 Å². The van der Waals surface area contributed by atoms with Crippen LogP contribution in [0.1, 0.15) is 23.6 Å². The number of rotatable bonds is 18. The molecular formula is C44H48O21. The summed E-state index contributed by atoms with van der Waals surface area (Å²) in [6.07, 6.45) is -8.26. The van der Waals surface area contributed by atoms with Crippen LogP contribution in [-0.4, -0.2) is 156 Å². The van der Waals surface area contributed by atoms with Gasteiger partial charge in [-0.3, -0.25) is 4.79 Å². The van der Waals surface area contributed by atoms with Gasteiger partial charge >= 0.3 is 23.9 Å². The van der Waals surface area contributed by atoms with Gasteiger partial charge in [-0.1, -0.05) is 18.2 Å². The molecule has 0 aliphatic carbocycles. The number of aliphatic hydroxyl groups is 4. The van der Waals surface area contributed by atoms with Crippen molar-refractivity contribution in [2.45, 2.75) is 61.7 Å². The maximum Gasteiger partial charge on any atom is 0.331 e. The molecule has 350 valence electrons. The highest BCUT2D eigenvalue weighted by Crippen LogP contribution is 2.39. The predicted octanol–water partition coefficient (Wildman–Crippen LogP) is 1.11. The lowest BCUT2D eigenvalue weighted by Gasteiger charge is -2.44. The molecular weight excluding hydrogens is 864 g/mol. The Hall–Kier alpha value is -6.72. The van der Waals surface area contributed by atoms with E-state index in [-0.39, 0.29) is 34.5 Å². The Morgan fingerprint density at radius 3 is 1.55 bits per heavy atom. The standard InChI is InChI=1S/C44H48O21/c1-23(46)59-21-34-41(62-36(51)15-9-25-6-12-28(48)31(18-25)57-3)39(54)40(55)43(61-34)65-44(22-45)42(63-37(52)16-10-26-7-13-29(49)32(19-26)58-4)38(53)33(64-44)20-60-35(50)14-8-24-5-11-27(47)30(17-24)56-2/h5-19,33-34,38-43,45,47-49,53-55H,20-22H2,1-4H3/b14-8+,15-9+,16-10+/t33-,34-,38+,39-,40-,41-,42+,43-,44+/m1/s1. The number of aromatic hydroxyl groups is 3. The third-order valence-electron chi connectivity index (χ3n) is 9.84. The first-order chi connectivity index (χ1) is 31.0. The largest absolute Gasteiger partial charge is 0.504 e. The van der Waals surface area contributed by atoms with Crippen molar-refractivity contribution in [1.29, 1.82) is 0 Å². The van der Waals surface area contributed by atoms with Crippen molar-refractivity contribution in [3.8, 4) is 34.5 Å². The molecule has 2 fully saturated rings. The minimum Gasteiger partial charge on any atom is -0.504 e. The Kier molecular flexibility index (Phi) is 16.9. The lowest BCUT2D eigenvalue weighted by Crippen LogP contribution is -2.64. The fraction of sp³-hybridized carbons (Fsp3) is 0.364. The molecule has 0 amide bonds. The van der Waals surface area contributed by atoms with Crippen LogP contribution in [0.5, 0.6) is 34.5 Å². The van der Waals surface area contributed by atoms with E-state index in [9.17, 15) is 54.9 Å². The second-order valence-corrected chi connectivity index (χ2v) is 14.2. The second kappa shape index (κ2) is 22.3. The number of phenols is 3. The van der Waals surface area contributed by atoms with Gasteiger partial charge in [-0.2, -0.15) is 0 Å². The number of aliphatic hydroxyl groups excluding tert-OH is 4. The molecule has 0 unspecified atom stereocenters. The molecule has 0 saturated carbocycles. The molecule has 2 aliphatic rings. The highest BCUT2D eigenvalue weighted by molar-refractivity contribution is 5.88. The van der Waals surface area contributed by atoms with Crippen molar-refractivity contribution < 1.29 is 102 Å². The van der Waals surface area contributed by atoms with Crippen LogP contribution in [0.2, 0.25) is 0 Å². The molecule has 2 saturated heterocycles. The van der Waals surface area contributed by atoms with Crippen molar-refractivity contribution in [2.24, 2.45) is 0 Å². The number of phenolic OH excluding ortho intramolecular Hbond substituents is 3. The van der Waals surface area contributed by atoms with E-state index in [4.69, 9.17) is 47.4 Å². The average Bonchev–Trinajstić information content (AvgIpc) is 3.55. The van der Waals surface area contributed by atoms with E-state index in [0.717, 1.165) is 25.2 Å². The van der Waals surface area contributed by atoms with Gasteiger partial charge < -0.3 is 83.1 Å². The van der Waals surface area contributed by atoms with Crippen LogP contribution in [0.3, 0.4) is 0 Å². The summed E-state index contributed by atoms with van der Waals surface area (Å²) in [6, 6.07) is 12.6. The fourth-order valence-corrected chi connectivity index (χ4v) is 6.52. The van der Waals surface area contributed by atoms with Gasteiger partial charge in [-0.05, 0) is 71.3 Å². The van der Waals surface area contributed by atoms with E-state index >= 15 is 0 Å². The number of benzene rings is 3. The van der Waals surface area contributed by atoms with Gasteiger partial charge in [0.15, 0.2) is 53.0 Å². The first-order valence-corrected chi connectivity index (χ1v) is 19.5. The molecule has 7 N–H and O–H groups in total. The van der Waals surface area contributed by atoms with Crippen LogP contribution in [-0.2, 0) is 52.3 Å². The van der Waals surface area contributed by atoms with E-state index in [0.29, 0.717) is 16.7 Å². The summed E-state index contributed by atoms with van der Waals surface area (Å²) in [4.78, 5) is 50.9. The number of hydrogen-bond donors (Lipinski definition) is 7. The molecule has 0 aromatic heterocycles. The van der Waals surface area contributed by atoms with Crippen molar-refractivity contribution in [1.82, 2.24) is 0 Å². The molecule has 2 heterocycles. The lowest BCUT2D eigenvalue weighted by molar-refractivity contribution is -0.383. The van der Waals surface area contributed by atoms with E-state index in [1.807, 2.05) is 0 Å². The summed E-state index contributed by atoms with van der Waals surface area (Å²) >= 11 is 0. The van der Waals surface area contributed by atoms with Crippen LogP contribution < -0.4 is 14.2 Å². The molecule has 0 spiro atoms. The van der Waals surface area contributed by atoms with Crippen molar-refractivity contribution in [2.75, 3.05) is 41.2 Å². The number of hydrogen-bond acceptors (Lipinski definition) is 21. The Morgan fingerprint density at radius 2 is 1.09 bits per heavy atom. The minimum atomic E-state index is -2.64. The van der Waals surface area contributed by atoms with Crippen LogP contribution in [0.25, 0.3) is 18.2 Å². The summed E-state index contributed by atoms with van der Waals surface area (Å²) in [5, 5.41) is 74.7. The van der Waals surface area contributed by atoms with E-state index in [1.54, 1.807) is 0 Å². The van der Waals surface area contributed by atoms with Crippen molar-refractivity contribution >= 4 is 42.1 Å². The van der Waals surface area contributed by atoms with Crippen LogP contribution in [0.15, 0.2) is 72.8 Å². The third kappa shape index (κ3) is 12.5. The molecule has 9 atom stereocenters. The van der Waals surface area contributed by atoms with Gasteiger partial charge in [0.05, 0.1) is 21.3 Å². The smallest absolute Gasteiger partial charge is 0.331 e. The van der Waals surface area contributed by atoms with E-state index < -0.39 is 98.5 Å². The molecule has 5 rings (SSSR count). The second-order valence-electron chi connectivity index (χ2n) is 14.2. The number of carbonyl (C=O) groups is 4. The quantitative estimate of drug-likeness (QED) is 0.0534. The van der Waals surface area contributed by atoms with Gasteiger partial charge in [0, 0.05) is 25.2 Å². The van der Waals surface area contributed by atoms with Crippen molar-refractivity contribution in [3.05, 3.63) is 89.5 Å². The zero-order valence-electron chi connectivity index (χ0n) is 35.2. The Morgan fingerprint density at radius 1 is 0.631 bits per heavy atom. The minimum absolute atomic E-state index is 0.0895. The molecule has 21 heteroatoms. The average molecular weight is 913 g/mol. The first-order valence-electron chi connectivity index (χ1n) is 19.5. The third-order valence-corrected chi connectivity index (χ3v) is 9.84. The van der Waals surface area contributed by atoms with Gasteiger partial charge in [0.2, 0.25) is 5.79 Å². The molecule has 3 aromatic carbocycles. The fourth-order valence-electron chi connectivity index (χ4n) is 6.52. The highest BCUT2D eigenvalue weighted by Gasteiger charge is 2.61. The van der Waals surface area contributed by atoms with E-state index in [1.165, 1.54) is 94.2 Å². The van der Waals surface area contributed by atoms with Crippen molar-refractivity contribution in [3.63, 3.8) is 0 Å². The summed E-state index contributed by atoms with van der Waals surface area (Å²) < 4.78 is 54.2. The van der Waals surface area contributed by atoms with E-state index in [2.05, 4.69) is 0 Å². The summed E-state index contributed by atoms with van der Waals surface area (Å²) in [5.74, 6) is -6.73. The Bertz CT molecular complexity index is 2250. The maximum absolute atomic E-state index is 13.3. The van der Waals surface area contributed by atoms with Gasteiger partial charge in [0.25, 0.3) is 0 Å². The molecule has 0 radical (unpaired) electrons. The summed E-state index contributed by atoms with van der Waals surface area (Å²) in [7, 11) is 3.98. The predicted molar refractivity (Wildman–Crippen MR) is 221 cm³/mol. The summed E-state index contributed by atoms with van der Waals surface area (Å²) in [6.45, 7) is -1.60. The zero-order chi connectivity index (χ0) is 47.4. The lowest BCUT2D eigenvalue weighted by atomic mass is 9.98. The summed E-state index contributed by atoms with van der Waals surface area (Å²) in [5.41, 5.74) is 1.21. The molecule has 0 bridgehead atoms. The zero-order valence-corrected chi connectivity index (χ0v) is 35.2. The first kappa shape index (κ1) is 49.3. The maximum atomic E-state index is 13.3. The molecule has 2 aliphatic heterocycles. The van der Waals surface area contributed by atoms with Gasteiger partial charge in [-0.25, -0.2) is 14.4 Å². The topological polar surface area (TPSA) is 302 Å². The van der Waals surface area contributed by atoms with Crippen LogP contribution in [0.4, 0.5) is 0 Å². The Balaban J connectivity index is 1.38. The SMILES string of the molecule is COc1cc(/C=C/C(=O)OC[C@H]2O[C@@](CO)(O[C@H]3O[C@H](COC(C)=O)[C@@H](OC(=O)/C=C/c4ccc(O)c(OC)c4)[C@H](O)[C@H]3O)[C@@H](OC(=O)/C=C/c3ccc(O)c(OC)c3)[C@H]2O)ccc1O. The number of carbonyl (C=O) groups excluding carboxylic acids is 4. The highest BCUT2D eigenvalue weighted by atomic mass is 16.8. The molecule has 65 heavy (non-hydrogen) atoms. The number of esters is 4.